The molecular formula is C19H23ClN2O4S2. The van der Waals surface area contributed by atoms with E-state index in [1.54, 1.807) is 13.0 Å². The number of amides is 1. The van der Waals surface area contributed by atoms with Crippen LogP contribution >= 0.6 is 23.4 Å². The first kappa shape index (κ1) is 22.5. The van der Waals surface area contributed by atoms with Gasteiger partial charge in [-0.15, -0.1) is 11.8 Å². The molecule has 0 atom stereocenters. The monoisotopic (exact) mass is 442 g/mol. The maximum atomic E-state index is 12.9. The van der Waals surface area contributed by atoms with Crippen molar-refractivity contribution in [3.8, 4) is 5.75 Å². The van der Waals surface area contributed by atoms with E-state index in [0.717, 1.165) is 9.20 Å². The number of para-hydroxylation sites is 1. The zero-order valence-corrected chi connectivity index (χ0v) is 18.3. The van der Waals surface area contributed by atoms with Crippen LogP contribution in [0.25, 0.3) is 0 Å². The lowest BCUT2D eigenvalue weighted by Crippen LogP contribution is -2.37. The topological polar surface area (TPSA) is 75.7 Å². The van der Waals surface area contributed by atoms with Crippen molar-refractivity contribution < 1.29 is 17.9 Å². The van der Waals surface area contributed by atoms with E-state index < -0.39 is 15.9 Å². The molecule has 1 N–H and O–H groups in total. The number of hydrogen-bond donors (Lipinski definition) is 1. The second-order valence-electron chi connectivity index (χ2n) is 5.70. The van der Waals surface area contributed by atoms with Crippen LogP contribution < -0.4 is 10.1 Å². The summed E-state index contributed by atoms with van der Waals surface area (Å²) in [6.07, 6.45) is 1.91. The van der Waals surface area contributed by atoms with Gasteiger partial charge in [-0.2, -0.15) is 4.31 Å². The van der Waals surface area contributed by atoms with Gasteiger partial charge in [-0.3, -0.25) is 4.79 Å². The van der Waals surface area contributed by atoms with E-state index in [0.29, 0.717) is 18.0 Å². The molecule has 0 aliphatic carbocycles. The molecule has 0 heterocycles. The minimum atomic E-state index is -3.88. The molecule has 0 fully saturated rings. The van der Waals surface area contributed by atoms with Gasteiger partial charge >= 0.3 is 0 Å². The van der Waals surface area contributed by atoms with Gasteiger partial charge < -0.3 is 10.1 Å². The summed E-state index contributed by atoms with van der Waals surface area (Å²) in [5, 5.41) is 2.98. The van der Waals surface area contributed by atoms with Crippen LogP contribution in [0.5, 0.6) is 5.75 Å². The number of likely N-dealkylation sites (N-methyl/N-ethyl adjacent to an activating group) is 1. The first-order valence-electron chi connectivity index (χ1n) is 8.68. The van der Waals surface area contributed by atoms with E-state index in [-0.39, 0.29) is 23.0 Å². The fraction of sp³-hybridized carbons (Fsp3) is 0.316. The summed E-state index contributed by atoms with van der Waals surface area (Å²) in [4.78, 5) is 13.4. The Balaban J connectivity index is 2.19. The van der Waals surface area contributed by atoms with E-state index >= 15 is 0 Å². The third kappa shape index (κ3) is 5.41. The van der Waals surface area contributed by atoms with Gasteiger partial charge in [0, 0.05) is 11.4 Å². The molecule has 6 nitrogen and oxygen atoms in total. The molecular weight excluding hydrogens is 420 g/mol. The van der Waals surface area contributed by atoms with Gasteiger partial charge in [-0.05, 0) is 43.5 Å². The van der Waals surface area contributed by atoms with Gasteiger partial charge in [-0.1, -0.05) is 30.7 Å². The van der Waals surface area contributed by atoms with Gasteiger partial charge in [0.2, 0.25) is 15.9 Å². The summed E-state index contributed by atoms with van der Waals surface area (Å²) in [5.74, 6) is 0.00143. The number of carbonyl (C=O) groups is 1. The van der Waals surface area contributed by atoms with Crippen molar-refractivity contribution in [1.82, 2.24) is 4.31 Å². The Morgan fingerprint density at radius 3 is 2.54 bits per heavy atom. The van der Waals surface area contributed by atoms with Crippen molar-refractivity contribution in [2.24, 2.45) is 0 Å². The fourth-order valence-corrected chi connectivity index (χ4v) is 4.81. The summed E-state index contributed by atoms with van der Waals surface area (Å²) in [6.45, 7) is 3.76. The molecule has 0 bridgehead atoms. The summed E-state index contributed by atoms with van der Waals surface area (Å²) in [7, 11) is -3.88. The number of nitrogens with one attached hydrogen (secondary N) is 1. The van der Waals surface area contributed by atoms with Crippen molar-refractivity contribution >= 4 is 45.0 Å². The Labute approximate surface area is 175 Å². The Kier molecular flexibility index (Phi) is 8.18. The number of halogens is 1. The average molecular weight is 443 g/mol. The maximum absolute atomic E-state index is 12.9. The molecule has 1 amide bonds. The molecule has 9 heteroatoms. The minimum absolute atomic E-state index is 0.0140. The molecule has 2 rings (SSSR count). The lowest BCUT2D eigenvalue weighted by molar-refractivity contribution is -0.116. The zero-order valence-electron chi connectivity index (χ0n) is 15.9. The number of anilines is 1. The van der Waals surface area contributed by atoms with Crippen LogP contribution in [0.2, 0.25) is 5.02 Å². The molecule has 0 saturated heterocycles. The average Bonchev–Trinajstić information content (AvgIpc) is 2.68. The Morgan fingerprint density at radius 1 is 1.21 bits per heavy atom. The highest BCUT2D eigenvalue weighted by Gasteiger charge is 2.26. The van der Waals surface area contributed by atoms with Crippen LogP contribution in [-0.2, 0) is 14.8 Å². The smallest absolute Gasteiger partial charge is 0.243 e. The van der Waals surface area contributed by atoms with Crippen LogP contribution in [0.3, 0.4) is 0 Å². The van der Waals surface area contributed by atoms with E-state index in [4.69, 9.17) is 16.3 Å². The molecule has 0 radical (unpaired) electrons. The molecule has 0 aliphatic rings. The Hall–Kier alpha value is -1.74. The minimum Gasteiger partial charge on any atom is -0.492 e. The first-order valence-corrected chi connectivity index (χ1v) is 11.7. The van der Waals surface area contributed by atoms with Crippen molar-refractivity contribution in [1.29, 1.82) is 0 Å². The number of carbonyl (C=O) groups excluding carboxylic acids is 1. The highest BCUT2D eigenvalue weighted by atomic mass is 35.5. The molecule has 2 aromatic rings. The van der Waals surface area contributed by atoms with E-state index in [1.807, 2.05) is 31.4 Å². The number of benzene rings is 2. The molecule has 28 heavy (non-hydrogen) atoms. The van der Waals surface area contributed by atoms with Crippen molar-refractivity contribution in [3.63, 3.8) is 0 Å². The maximum Gasteiger partial charge on any atom is 0.243 e. The van der Waals surface area contributed by atoms with Gasteiger partial charge in [-0.25, -0.2) is 8.42 Å². The molecule has 0 aliphatic heterocycles. The summed E-state index contributed by atoms with van der Waals surface area (Å²) >= 11 is 7.62. The molecule has 0 unspecified atom stereocenters. The van der Waals surface area contributed by atoms with Crippen LogP contribution in [0.4, 0.5) is 5.69 Å². The molecule has 152 valence electrons. The third-order valence-corrected chi connectivity index (χ3v) is 6.90. The van der Waals surface area contributed by atoms with Crippen LogP contribution in [0.1, 0.15) is 13.8 Å². The second kappa shape index (κ2) is 10.2. The third-order valence-electron chi connectivity index (χ3n) is 3.89. The van der Waals surface area contributed by atoms with Gasteiger partial charge in [0.15, 0.2) is 0 Å². The number of ether oxygens (including phenoxy) is 1. The molecule has 2 aromatic carbocycles. The Bertz CT molecular complexity index is 935. The number of nitrogens with zero attached hydrogens (tertiary/aromatic N) is 1. The molecule has 0 spiro atoms. The van der Waals surface area contributed by atoms with Crippen LogP contribution in [0, 0.1) is 0 Å². The van der Waals surface area contributed by atoms with Gasteiger partial charge in [0.05, 0.1) is 28.8 Å². The van der Waals surface area contributed by atoms with Crippen LogP contribution in [0.15, 0.2) is 52.3 Å². The number of thioether (sulfide) groups is 1. The van der Waals surface area contributed by atoms with E-state index in [2.05, 4.69) is 5.32 Å². The zero-order chi connectivity index (χ0) is 20.7. The molecule has 0 aromatic heterocycles. The SMILES string of the molecule is CCOc1ccc(S(=O)(=O)N(CC)CC(=O)Nc2ccccc2SC)cc1Cl. The lowest BCUT2D eigenvalue weighted by atomic mass is 10.3. The van der Waals surface area contributed by atoms with E-state index in [9.17, 15) is 13.2 Å². The summed E-state index contributed by atoms with van der Waals surface area (Å²) in [5.41, 5.74) is 0.651. The van der Waals surface area contributed by atoms with Crippen molar-refractivity contribution in [2.45, 2.75) is 23.6 Å². The first-order chi connectivity index (χ1) is 13.3. The highest BCUT2D eigenvalue weighted by molar-refractivity contribution is 7.98. The highest BCUT2D eigenvalue weighted by Crippen LogP contribution is 2.29. The normalized spacial score (nSPS) is 11.5. The van der Waals surface area contributed by atoms with Crippen LogP contribution in [-0.4, -0.2) is 44.6 Å². The predicted molar refractivity (Wildman–Crippen MR) is 114 cm³/mol. The standard InChI is InChI=1S/C19H23ClN2O4S2/c1-4-22(13-19(23)21-16-8-6-7-9-18(16)27-3)28(24,25)14-10-11-17(26-5-2)15(20)12-14/h6-12H,4-5,13H2,1-3H3,(H,21,23). The summed E-state index contributed by atoms with van der Waals surface area (Å²) < 4.78 is 32.3. The van der Waals surface area contributed by atoms with Gasteiger partial charge in [0.1, 0.15) is 5.75 Å². The lowest BCUT2D eigenvalue weighted by Gasteiger charge is -2.21. The fourth-order valence-electron chi connectivity index (χ4n) is 2.53. The second-order valence-corrected chi connectivity index (χ2v) is 8.90. The van der Waals surface area contributed by atoms with E-state index in [1.165, 1.54) is 30.0 Å². The quantitative estimate of drug-likeness (QED) is 0.591. The number of rotatable bonds is 9. The van der Waals surface area contributed by atoms with Crippen molar-refractivity contribution in [2.75, 3.05) is 31.3 Å². The van der Waals surface area contributed by atoms with Crippen molar-refractivity contribution in [3.05, 3.63) is 47.5 Å². The number of hydrogen-bond acceptors (Lipinski definition) is 5. The summed E-state index contributed by atoms with van der Waals surface area (Å²) in [6, 6.07) is 11.6. The number of sulfonamides is 1. The molecule has 0 saturated carbocycles. The van der Waals surface area contributed by atoms with Gasteiger partial charge in [0.25, 0.3) is 0 Å². The predicted octanol–water partition coefficient (Wildman–Crippen LogP) is 4.11. The Morgan fingerprint density at radius 2 is 1.93 bits per heavy atom. The largest absolute Gasteiger partial charge is 0.492 e.